The molecule has 0 heterocycles. The minimum atomic E-state index is -0.325. The lowest BCUT2D eigenvalue weighted by atomic mass is 10.1. The smallest absolute Gasteiger partial charge is 0.239 e. The molecule has 0 aromatic heterocycles. The first-order valence-electron chi connectivity index (χ1n) is 6.80. The van der Waals surface area contributed by atoms with Gasteiger partial charge in [-0.3, -0.25) is 10.1 Å². The molecule has 19 heavy (non-hydrogen) atoms. The van der Waals surface area contributed by atoms with E-state index in [4.69, 9.17) is 0 Å². The molecule has 1 rings (SSSR count). The molecule has 1 amide bonds. The van der Waals surface area contributed by atoms with Crippen LogP contribution in [0.25, 0.3) is 0 Å². The van der Waals surface area contributed by atoms with Crippen LogP contribution in [0.1, 0.15) is 39.3 Å². The van der Waals surface area contributed by atoms with Crippen molar-refractivity contribution in [3.8, 4) is 0 Å². The summed E-state index contributed by atoms with van der Waals surface area (Å²) in [4.78, 5) is 13.9. The van der Waals surface area contributed by atoms with E-state index in [1.54, 1.807) is 23.1 Å². The van der Waals surface area contributed by atoms with E-state index in [9.17, 15) is 9.18 Å². The Morgan fingerprint density at radius 2 is 1.84 bits per heavy atom. The van der Waals surface area contributed by atoms with Crippen molar-refractivity contribution < 1.29 is 9.18 Å². The van der Waals surface area contributed by atoms with E-state index < -0.39 is 0 Å². The Balaban J connectivity index is 2.69. The summed E-state index contributed by atoms with van der Waals surface area (Å²) in [5.41, 5.74) is 0.585. The zero-order valence-electron chi connectivity index (χ0n) is 12.1. The average molecular weight is 266 g/mol. The van der Waals surface area contributed by atoms with Gasteiger partial charge in [-0.2, -0.15) is 0 Å². The van der Waals surface area contributed by atoms with E-state index in [0.717, 1.165) is 0 Å². The molecular formula is C15H23FN2O. The van der Waals surface area contributed by atoms with Crippen LogP contribution in [0.4, 0.5) is 4.39 Å². The van der Waals surface area contributed by atoms with Crippen LogP contribution in [-0.4, -0.2) is 29.9 Å². The lowest BCUT2D eigenvalue weighted by Crippen LogP contribution is -2.45. The Kier molecular flexibility index (Phi) is 5.96. The van der Waals surface area contributed by atoms with E-state index in [2.05, 4.69) is 5.32 Å². The fraction of sp³-hybridized carbons (Fsp3) is 0.533. The molecule has 0 aliphatic heterocycles. The maximum atomic E-state index is 13.6. The van der Waals surface area contributed by atoms with Crippen molar-refractivity contribution >= 4 is 5.91 Å². The van der Waals surface area contributed by atoms with Gasteiger partial charge in [-0.15, -0.1) is 0 Å². The standard InChI is InChI=1S/C15H23FN2O/c1-5-18(6-2)15(19)12(4)17-11(3)13-9-7-8-10-14(13)16/h7-12,17H,5-6H2,1-4H3. The van der Waals surface area contributed by atoms with Gasteiger partial charge in [0.1, 0.15) is 5.82 Å². The van der Waals surface area contributed by atoms with Gasteiger partial charge in [0.25, 0.3) is 0 Å². The number of nitrogens with zero attached hydrogens (tertiary/aromatic N) is 1. The molecule has 0 spiro atoms. The number of hydrogen-bond acceptors (Lipinski definition) is 2. The monoisotopic (exact) mass is 266 g/mol. The summed E-state index contributed by atoms with van der Waals surface area (Å²) in [6, 6.07) is 6.11. The highest BCUT2D eigenvalue weighted by atomic mass is 19.1. The van der Waals surface area contributed by atoms with Crippen LogP contribution in [0, 0.1) is 5.82 Å². The second kappa shape index (κ2) is 7.24. The summed E-state index contributed by atoms with van der Waals surface area (Å²) in [6.45, 7) is 8.97. The number of carbonyl (C=O) groups is 1. The van der Waals surface area contributed by atoms with Gasteiger partial charge in [0, 0.05) is 24.7 Å². The van der Waals surface area contributed by atoms with Crippen LogP contribution in [0.15, 0.2) is 24.3 Å². The molecule has 0 aliphatic rings. The first kappa shape index (κ1) is 15.6. The molecule has 0 radical (unpaired) electrons. The maximum Gasteiger partial charge on any atom is 0.239 e. The Morgan fingerprint density at radius 1 is 1.26 bits per heavy atom. The highest BCUT2D eigenvalue weighted by Crippen LogP contribution is 2.16. The minimum absolute atomic E-state index is 0.0492. The van der Waals surface area contributed by atoms with Gasteiger partial charge in [-0.05, 0) is 33.8 Å². The second-order valence-electron chi connectivity index (χ2n) is 4.64. The summed E-state index contributed by atoms with van der Waals surface area (Å²) in [5, 5.41) is 3.15. The Bertz CT molecular complexity index is 418. The van der Waals surface area contributed by atoms with Crippen molar-refractivity contribution in [2.24, 2.45) is 0 Å². The molecule has 0 bridgehead atoms. The largest absolute Gasteiger partial charge is 0.342 e. The van der Waals surface area contributed by atoms with Crippen LogP contribution in [0.3, 0.4) is 0 Å². The van der Waals surface area contributed by atoms with Gasteiger partial charge in [0.2, 0.25) is 5.91 Å². The van der Waals surface area contributed by atoms with Crippen molar-refractivity contribution in [1.82, 2.24) is 10.2 Å². The number of rotatable bonds is 6. The van der Waals surface area contributed by atoms with E-state index in [-0.39, 0.29) is 23.8 Å². The third kappa shape index (κ3) is 4.03. The molecule has 0 aliphatic carbocycles. The van der Waals surface area contributed by atoms with Crippen molar-refractivity contribution in [2.45, 2.75) is 39.8 Å². The van der Waals surface area contributed by atoms with E-state index >= 15 is 0 Å². The molecule has 4 heteroatoms. The molecule has 2 unspecified atom stereocenters. The normalized spacial score (nSPS) is 13.9. The molecule has 1 aromatic carbocycles. The number of amides is 1. The lowest BCUT2D eigenvalue weighted by molar-refractivity contribution is -0.132. The van der Waals surface area contributed by atoms with Crippen molar-refractivity contribution in [3.05, 3.63) is 35.6 Å². The molecule has 0 saturated carbocycles. The molecule has 1 N–H and O–H groups in total. The van der Waals surface area contributed by atoms with Crippen LogP contribution >= 0.6 is 0 Å². The highest BCUT2D eigenvalue weighted by Gasteiger charge is 2.21. The summed E-state index contributed by atoms with van der Waals surface area (Å²) >= 11 is 0. The fourth-order valence-electron chi connectivity index (χ4n) is 2.17. The van der Waals surface area contributed by atoms with Gasteiger partial charge in [-0.25, -0.2) is 4.39 Å². The molecule has 1 aromatic rings. The number of halogens is 1. The number of hydrogen-bond donors (Lipinski definition) is 1. The summed E-state index contributed by atoms with van der Waals surface area (Å²) in [5.74, 6) is -0.196. The lowest BCUT2D eigenvalue weighted by Gasteiger charge is -2.26. The Hall–Kier alpha value is -1.42. The SMILES string of the molecule is CCN(CC)C(=O)C(C)NC(C)c1ccccc1F. The van der Waals surface area contributed by atoms with Crippen molar-refractivity contribution in [2.75, 3.05) is 13.1 Å². The molecule has 3 nitrogen and oxygen atoms in total. The quantitative estimate of drug-likeness (QED) is 0.858. The van der Waals surface area contributed by atoms with Gasteiger partial charge in [0.05, 0.1) is 6.04 Å². The predicted molar refractivity (Wildman–Crippen MR) is 75.3 cm³/mol. The average Bonchev–Trinajstić information content (AvgIpc) is 2.40. The number of likely N-dealkylation sites (N-methyl/N-ethyl adjacent to an activating group) is 1. The Labute approximate surface area is 114 Å². The van der Waals surface area contributed by atoms with Gasteiger partial charge < -0.3 is 4.90 Å². The zero-order valence-corrected chi connectivity index (χ0v) is 12.1. The molecule has 0 saturated heterocycles. The first-order chi connectivity index (χ1) is 9.01. The van der Waals surface area contributed by atoms with Gasteiger partial charge >= 0.3 is 0 Å². The predicted octanol–water partition coefficient (Wildman–Crippen LogP) is 2.73. The van der Waals surface area contributed by atoms with E-state index in [1.807, 2.05) is 27.7 Å². The van der Waals surface area contributed by atoms with Gasteiger partial charge in [0.15, 0.2) is 0 Å². The minimum Gasteiger partial charge on any atom is -0.342 e. The summed E-state index contributed by atoms with van der Waals surface area (Å²) < 4.78 is 13.6. The summed E-state index contributed by atoms with van der Waals surface area (Å²) in [6.07, 6.45) is 0. The molecule has 2 atom stereocenters. The highest BCUT2D eigenvalue weighted by molar-refractivity contribution is 5.81. The number of nitrogens with one attached hydrogen (secondary N) is 1. The Morgan fingerprint density at radius 3 is 2.37 bits per heavy atom. The molecule has 106 valence electrons. The van der Waals surface area contributed by atoms with Crippen LogP contribution in [0.5, 0.6) is 0 Å². The third-order valence-corrected chi connectivity index (χ3v) is 3.32. The number of carbonyl (C=O) groups excluding carboxylic acids is 1. The topological polar surface area (TPSA) is 32.3 Å². The first-order valence-corrected chi connectivity index (χ1v) is 6.80. The fourth-order valence-corrected chi connectivity index (χ4v) is 2.17. The van der Waals surface area contributed by atoms with Gasteiger partial charge in [-0.1, -0.05) is 18.2 Å². The van der Waals surface area contributed by atoms with Crippen LogP contribution < -0.4 is 5.32 Å². The van der Waals surface area contributed by atoms with Crippen molar-refractivity contribution in [1.29, 1.82) is 0 Å². The number of benzene rings is 1. The maximum absolute atomic E-state index is 13.6. The zero-order chi connectivity index (χ0) is 14.4. The summed E-state index contributed by atoms with van der Waals surface area (Å²) in [7, 11) is 0. The van der Waals surface area contributed by atoms with Crippen LogP contribution in [-0.2, 0) is 4.79 Å². The second-order valence-corrected chi connectivity index (χ2v) is 4.64. The van der Waals surface area contributed by atoms with E-state index in [0.29, 0.717) is 18.7 Å². The van der Waals surface area contributed by atoms with E-state index in [1.165, 1.54) is 6.07 Å². The molecule has 0 fully saturated rings. The third-order valence-electron chi connectivity index (χ3n) is 3.32. The molecular weight excluding hydrogens is 243 g/mol. The van der Waals surface area contributed by atoms with Crippen molar-refractivity contribution in [3.63, 3.8) is 0 Å². The van der Waals surface area contributed by atoms with Crippen LogP contribution in [0.2, 0.25) is 0 Å².